The minimum atomic E-state index is -0.494. The number of aromatic nitrogens is 2. The fourth-order valence-corrected chi connectivity index (χ4v) is 2.26. The van der Waals surface area contributed by atoms with Gasteiger partial charge >= 0.3 is 0 Å². The minimum absolute atomic E-state index is 0.411. The van der Waals surface area contributed by atoms with Gasteiger partial charge in [-0.05, 0) is 31.0 Å². The number of ether oxygens (including phenoxy) is 1. The zero-order valence-electron chi connectivity index (χ0n) is 12.0. The molecule has 1 atom stereocenters. The van der Waals surface area contributed by atoms with Gasteiger partial charge in [-0.25, -0.2) is 4.68 Å². The summed E-state index contributed by atoms with van der Waals surface area (Å²) < 4.78 is 7.05. The number of hydrogen-bond acceptors (Lipinski definition) is 3. The summed E-state index contributed by atoms with van der Waals surface area (Å²) in [5, 5.41) is 4.99. The maximum Gasteiger partial charge on any atom is 0.226 e. The van der Waals surface area contributed by atoms with Crippen molar-refractivity contribution in [3.63, 3.8) is 0 Å². The molecule has 112 valence electrons. The molecule has 0 radical (unpaired) electrons. The van der Waals surface area contributed by atoms with Gasteiger partial charge in [0.2, 0.25) is 11.8 Å². The quantitative estimate of drug-likeness (QED) is 0.890. The fourth-order valence-electron chi connectivity index (χ4n) is 2.13. The standard InChI is InChI=1S/C15H18ClN3O2/c1-3-21-14-9-13(18-19(14)2)12(15(17)20)8-10-4-6-11(16)7-5-10/h4-7,9,12H,3,8H2,1-2H3,(H2,17,20). The molecule has 21 heavy (non-hydrogen) atoms. The van der Waals surface area contributed by atoms with E-state index in [-0.39, 0.29) is 0 Å². The molecule has 0 saturated heterocycles. The van der Waals surface area contributed by atoms with Crippen molar-refractivity contribution in [1.82, 2.24) is 9.78 Å². The lowest BCUT2D eigenvalue weighted by Crippen LogP contribution is -2.23. The van der Waals surface area contributed by atoms with Crippen LogP contribution in [0.1, 0.15) is 24.1 Å². The zero-order chi connectivity index (χ0) is 15.4. The monoisotopic (exact) mass is 307 g/mol. The van der Waals surface area contributed by atoms with E-state index in [1.807, 2.05) is 19.1 Å². The summed E-state index contributed by atoms with van der Waals surface area (Å²) in [6.07, 6.45) is 0.481. The number of nitrogens with zero attached hydrogens (tertiary/aromatic N) is 2. The molecule has 1 aromatic carbocycles. The van der Waals surface area contributed by atoms with Crippen molar-refractivity contribution < 1.29 is 9.53 Å². The molecule has 0 saturated carbocycles. The van der Waals surface area contributed by atoms with E-state index in [9.17, 15) is 4.79 Å². The van der Waals surface area contributed by atoms with Crippen LogP contribution in [0.5, 0.6) is 5.88 Å². The Labute approximate surface area is 128 Å². The second-order valence-electron chi connectivity index (χ2n) is 4.75. The molecule has 0 fully saturated rings. The summed E-state index contributed by atoms with van der Waals surface area (Å²) in [6.45, 7) is 2.43. The molecule has 1 aromatic heterocycles. The number of halogens is 1. The highest BCUT2D eigenvalue weighted by molar-refractivity contribution is 6.30. The number of benzene rings is 1. The van der Waals surface area contributed by atoms with Gasteiger partial charge in [-0.3, -0.25) is 4.79 Å². The van der Waals surface area contributed by atoms with Crippen LogP contribution in [0.25, 0.3) is 0 Å². The summed E-state index contributed by atoms with van der Waals surface area (Å²) in [5.74, 6) is -0.285. The second-order valence-corrected chi connectivity index (χ2v) is 5.19. The Morgan fingerprint density at radius 3 is 2.67 bits per heavy atom. The summed E-state index contributed by atoms with van der Waals surface area (Å²) in [5.41, 5.74) is 7.12. The van der Waals surface area contributed by atoms with Gasteiger partial charge in [0.1, 0.15) is 0 Å². The zero-order valence-corrected chi connectivity index (χ0v) is 12.8. The Morgan fingerprint density at radius 2 is 2.10 bits per heavy atom. The Morgan fingerprint density at radius 1 is 1.43 bits per heavy atom. The molecule has 2 aromatic rings. The number of carbonyl (C=O) groups excluding carboxylic acids is 1. The number of hydrogen-bond donors (Lipinski definition) is 1. The van der Waals surface area contributed by atoms with Crippen molar-refractivity contribution in [2.24, 2.45) is 12.8 Å². The number of amides is 1. The van der Waals surface area contributed by atoms with Crippen molar-refractivity contribution >= 4 is 17.5 Å². The largest absolute Gasteiger partial charge is 0.478 e. The Hall–Kier alpha value is -2.01. The molecule has 0 aliphatic carbocycles. The van der Waals surface area contributed by atoms with E-state index in [4.69, 9.17) is 22.1 Å². The third-order valence-corrected chi connectivity index (χ3v) is 3.45. The predicted octanol–water partition coefficient (Wildman–Crippen LogP) is 2.28. The van der Waals surface area contributed by atoms with E-state index in [1.54, 1.807) is 29.9 Å². The molecular weight excluding hydrogens is 290 g/mol. The van der Waals surface area contributed by atoms with Gasteiger partial charge in [-0.2, -0.15) is 5.10 Å². The van der Waals surface area contributed by atoms with E-state index < -0.39 is 11.8 Å². The van der Waals surface area contributed by atoms with E-state index in [0.29, 0.717) is 29.6 Å². The molecule has 0 spiro atoms. The molecule has 1 amide bonds. The SMILES string of the molecule is CCOc1cc(C(Cc2ccc(Cl)cc2)C(N)=O)nn1C. The molecule has 0 bridgehead atoms. The van der Waals surface area contributed by atoms with Crippen LogP contribution in [0.2, 0.25) is 5.02 Å². The lowest BCUT2D eigenvalue weighted by Gasteiger charge is -2.10. The highest BCUT2D eigenvalue weighted by Crippen LogP contribution is 2.24. The molecule has 1 heterocycles. The summed E-state index contributed by atoms with van der Waals surface area (Å²) in [4.78, 5) is 11.8. The number of rotatable bonds is 6. The van der Waals surface area contributed by atoms with E-state index >= 15 is 0 Å². The first-order valence-corrected chi connectivity index (χ1v) is 7.09. The van der Waals surface area contributed by atoms with Crippen molar-refractivity contribution in [2.75, 3.05) is 6.61 Å². The molecular formula is C15H18ClN3O2. The van der Waals surface area contributed by atoms with Crippen LogP contribution in [-0.2, 0) is 18.3 Å². The van der Waals surface area contributed by atoms with Crippen LogP contribution in [-0.4, -0.2) is 22.3 Å². The Bertz CT molecular complexity index is 622. The van der Waals surface area contributed by atoms with Gasteiger partial charge in [0, 0.05) is 18.1 Å². The number of carbonyl (C=O) groups is 1. The summed E-state index contributed by atoms with van der Waals surface area (Å²) >= 11 is 5.86. The van der Waals surface area contributed by atoms with Crippen LogP contribution in [0.4, 0.5) is 0 Å². The van der Waals surface area contributed by atoms with Crippen LogP contribution in [0.15, 0.2) is 30.3 Å². The lowest BCUT2D eigenvalue weighted by atomic mass is 9.96. The molecule has 1 unspecified atom stereocenters. The van der Waals surface area contributed by atoms with Crippen molar-refractivity contribution in [2.45, 2.75) is 19.3 Å². The molecule has 0 aliphatic rings. The fraction of sp³-hybridized carbons (Fsp3) is 0.333. The van der Waals surface area contributed by atoms with Gasteiger partial charge in [0.25, 0.3) is 0 Å². The first kappa shape index (κ1) is 15.4. The Kier molecular flexibility index (Phi) is 4.85. The highest BCUT2D eigenvalue weighted by atomic mass is 35.5. The average molecular weight is 308 g/mol. The summed E-state index contributed by atoms with van der Waals surface area (Å²) in [7, 11) is 1.77. The van der Waals surface area contributed by atoms with Gasteiger partial charge < -0.3 is 10.5 Å². The summed E-state index contributed by atoms with van der Waals surface area (Å²) in [6, 6.07) is 9.10. The van der Waals surface area contributed by atoms with Gasteiger partial charge in [-0.1, -0.05) is 23.7 Å². The van der Waals surface area contributed by atoms with Crippen molar-refractivity contribution in [1.29, 1.82) is 0 Å². The topological polar surface area (TPSA) is 70.1 Å². The van der Waals surface area contributed by atoms with Crippen LogP contribution in [0, 0.1) is 0 Å². The van der Waals surface area contributed by atoms with Gasteiger partial charge in [-0.15, -0.1) is 0 Å². The lowest BCUT2D eigenvalue weighted by molar-refractivity contribution is -0.119. The van der Waals surface area contributed by atoms with E-state index in [0.717, 1.165) is 5.56 Å². The van der Waals surface area contributed by atoms with Gasteiger partial charge in [0.05, 0.1) is 18.2 Å². The first-order valence-electron chi connectivity index (χ1n) is 6.71. The van der Waals surface area contributed by atoms with Crippen LogP contribution >= 0.6 is 11.6 Å². The molecule has 2 N–H and O–H groups in total. The number of primary amides is 1. The predicted molar refractivity (Wildman–Crippen MR) is 81.5 cm³/mol. The minimum Gasteiger partial charge on any atom is -0.478 e. The maximum atomic E-state index is 11.8. The number of nitrogens with two attached hydrogens (primary N) is 1. The second kappa shape index (κ2) is 6.63. The normalized spacial score (nSPS) is 12.1. The van der Waals surface area contributed by atoms with E-state index in [1.165, 1.54) is 0 Å². The van der Waals surface area contributed by atoms with E-state index in [2.05, 4.69) is 5.10 Å². The van der Waals surface area contributed by atoms with Crippen LogP contribution in [0.3, 0.4) is 0 Å². The molecule has 2 rings (SSSR count). The van der Waals surface area contributed by atoms with Gasteiger partial charge in [0.15, 0.2) is 0 Å². The average Bonchev–Trinajstić information content (AvgIpc) is 2.79. The first-order chi connectivity index (χ1) is 10.0. The molecule has 5 nitrogen and oxygen atoms in total. The smallest absolute Gasteiger partial charge is 0.226 e. The third kappa shape index (κ3) is 3.76. The Balaban J connectivity index is 2.24. The van der Waals surface area contributed by atoms with Crippen molar-refractivity contribution in [3.05, 3.63) is 46.6 Å². The van der Waals surface area contributed by atoms with Crippen molar-refractivity contribution in [3.8, 4) is 5.88 Å². The highest BCUT2D eigenvalue weighted by Gasteiger charge is 2.23. The van der Waals surface area contributed by atoms with Crippen LogP contribution < -0.4 is 10.5 Å². The maximum absolute atomic E-state index is 11.8. The molecule has 0 aliphatic heterocycles. The molecule has 6 heteroatoms. The number of aryl methyl sites for hydroxylation is 1. The third-order valence-electron chi connectivity index (χ3n) is 3.20.